The molecule has 1 saturated heterocycles. The second-order valence-electron chi connectivity index (χ2n) is 9.86. The monoisotopic (exact) mass is 488 g/mol. The number of benzene rings is 1. The Hall–Kier alpha value is -2.87. The fourth-order valence-corrected chi connectivity index (χ4v) is 4.73. The fraction of sp³-hybridized carbons (Fsp3) is 0.480. The maximum absolute atomic E-state index is 14.9. The van der Waals surface area contributed by atoms with Crippen molar-refractivity contribution in [2.45, 2.75) is 65.1 Å². The molecule has 3 amide bonds. The molecule has 1 aromatic heterocycles. The molecule has 2 aliphatic heterocycles. The van der Waals surface area contributed by atoms with Crippen LogP contribution in [0, 0.1) is 12.7 Å². The zero-order chi connectivity index (χ0) is 24.6. The summed E-state index contributed by atoms with van der Waals surface area (Å²) in [5, 5.41) is 0.268. The average molecular weight is 489 g/mol. The number of carbonyl (C=O) groups excluding carboxylic acids is 2. The zero-order valence-electron chi connectivity index (χ0n) is 20.0. The second kappa shape index (κ2) is 9.41. The predicted octanol–water partition coefficient (Wildman–Crippen LogP) is 5.92. The number of aryl methyl sites for hydroxylation is 1. The number of anilines is 2. The second-order valence-corrected chi connectivity index (χ2v) is 10.2. The molecule has 2 aromatic rings. The number of halogens is 2. The molecule has 0 saturated carbocycles. The summed E-state index contributed by atoms with van der Waals surface area (Å²) in [5.74, 6) is -0.463. The Morgan fingerprint density at radius 1 is 1.26 bits per heavy atom. The quantitative estimate of drug-likeness (QED) is 0.492. The number of pyridine rings is 1. The Kier molecular flexibility index (Phi) is 6.71. The lowest BCUT2D eigenvalue weighted by molar-refractivity contribution is 0.0249. The van der Waals surface area contributed by atoms with Crippen LogP contribution in [0.15, 0.2) is 30.5 Å². The molecule has 0 radical (unpaired) electrons. The van der Waals surface area contributed by atoms with E-state index in [2.05, 4.69) is 4.98 Å². The molecule has 7 nitrogen and oxygen atoms in total. The molecule has 0 bridgehead atoms. The van der Waals surface area contributed by atoms with Gasteiger partial charge >= 0.3 is 12.1 Å². The third kappa shape index (κ3) is 4.97. The molecule has 2 aliphatic rings. The SMILES string of the molecule is Cc1cccc(F)c1N1Cc2cnc(Cl)cc2N([C@@H]2CCCCN(C(=O)OC(C)(C)C)C2)C1=O. The summed E-state index contributed by atoms with van der Waals surface area (Å²) in [5.41, 5.74) is 1.70. The van der Waals surface area contributed by atoms with Gasteiger partial charge in [0.1, 0.15) is 16.6 Å². The van der Waals surface area contributed by atoms with Gasteiger partial charge in [-0.3, -0.25) is 9.80 Å². The lowest BCUT2D eigenvalue weighted by Crippen LogP contribution is -2.55. The minimum Gasteiger partial charge on any atom is -0.444 e. The number of hydrogen-bond acceptors (Lipinski definition) is 4. The first kappa shape index (κ1) is 24.3. The lowest BCUT2D eigenvalue weighted by atomic mass is 10.0. The van der Waals surface area contributed by atoms with Gasteiger partial charge in [-0.05, 0) is 64.7 Å². The van der Waals surface area contributed by atoms with Gasteiger partial charge < -0.3 is 9.64 Å². The Morgan fingerprint density at radius 2 is 2.03 bits per heavy atom. The van der Waals surface area contributed by atoms with Crippen molar-refractivity contribution in [1.82, 2.24) is 9.88 Å². The number of para-hydroxylation sites is 1. The average Bonchev–Trinajstić information content (AvgIpc) is 2.99. The lowest BCUT2D eigenvalue weighted by Gasteiger charge is -2.42. The minimum absolute atomic E-state index is 0.180. The van der Waals surface area contributed by atoms with Gasteiger partial charge in [-0.2, -0.15) is 0 Å². The first-order valence-corrected chi connectivity index (χ1v) is 11.9. The highest BCUT2D eigenvalue weighted by Crippen LogP contribution is 2.37. The van der Waals surface area contributed by atoms with Crippen LogP contribution in [0.1, 0.15) is 51.2 Å². The van der Waals surface area contributed by atoms with Crippen molar-refractivity contribution in [1.29, 1.82) is 0 Å². The Labute approximate surface area is 204 Å². The third-order valence-corrected chi connectivity index (χ3v) is 6.28. The normalized spacial score (nSPS) is 19.1. The highest BCUT2D eigenvalue weighted by Gasteiger charge is 2.39. The van der Waals surface area contributed by atoms with Gasteiger partial charge in [0.2, 0.25) is 0 Å². The molecule has 1 atom stereocenters. The highest BCUT2D eigenvalue weighted by atomic mass is 35.5. The molecule has 4 rings (SSSR count). The first-order valence-electron chi connectivity index (χ1n) is 11.5. The van der Waals surface area contributed by atoms with Crippen LogP contribution in [0.2, 0.25) is 5.15 Å². The number of rotatable bonds is 2. The molecule has 3 heterocycles. The number of ether oxygens (including phenoxy) is 1. The van der Waals surface area contributed by atoms with Crippen LogP contribution in [-0.2, 0) is 11.3 Å². The molecule has 1 aromatic carbocycles. The van der Waals surface area contributed by atoms with E-state index in [-0.39, 0.29) is 29.5 Å². The van der Waals surface area contributed by atoms with E-state index in [4.69, 9.17) is 16.3 Å². The van der Waals surface area contributed by atoms with Crippen molar-refractivity contribution in [2.75, 3.05) is 22.9 Å². The highest BCUT2D eigenvalue weighted by molar-refractivity contribution is 6.29. The molecule has 0 aliphatic carbocycles. The first-order chi connectivity index (χ1) is 16.0. The van der Waals surface area contributed by atoms with E-state index in [0.29, 0.717) is 30.8 Å². The van der Waals surface area contributed by atoms with Crippen molar-refractivity contribution in [3.63, 3.8) is 0 Å². The number of nitrogens with zero attached hydrogens (tertiary/aromatic N) is 4. The molecule has 182 valence electrons. The Balaban J connectivity index is 1.73. The fourth-order valence-electron chi connectivity index (χ4n) is 4.58. The van der Waals surface area contributed by atoms with Crippen LogP contribution in [0.4, 0.5) is 25.4 Å². The van der Waals surface area contributed by atoms with Crippen molar-refractivity contribution >= 4 is 35.1 Å². The van der Waals surface area contributed by atoms with Crippen LogP contribution in [0.5, 0.6) is 0 Å². The van der Waals surface area contributed by atoms with Gasteiger partial charge in [0.25, 0.3) is 0 Å². The summed E-state index contributed by atoms with van der Waals surface area (Å²) in [4.78, 5) is 35.7. The van der Waals surface area contributed by atoms with E-state index < -0.39 is 17.5 Å². The zero-order valence-corrected chi connectivity index (χ0v) is 20.7. The number of hydrogen-bond donors (Lipinski definition) is 0. The molecular formula is C25H30ClFN4O3. The third-order valence-electron chi connectivity index (χ3n) is 6.08. The Morgan fingerprint density at radius 3 is 2.74 bits per heavy atom. The van der Waals surface area contributed by atoms with Crippen LogP contribution in [0.3, 0.4) is 0 Å². The maximum atomic E-state index is 14.9. The number of urea groups is 1. The van der Waals surface area contributed by atoms with Gasteiger partial charge in [-0.1, -0.05) is 23.7 Å². The summed E-state index contributed by atoms with van der Waals surface area (Å²) in [6, 6.07) is 5.75. The van der Waals surface area contributed by atoms with E-state index in [9.17, 15) is 14.0 Å². The number of likely N-dealkylation sites (tertiary alicyclic amines) is 1. The summed E-state index contributed by atoms with van der Waals surface area (Å²) in [7, 11) is 0. The van der Waals surface area contributed by atoms with Gasteiger partial charge in [0, 0.05) is 24.8 Å². The number of aromatic nitrogens is 1. The van der Waals surface area contributed by atoms with Gasteiger partial charge in [-0.15, -0.1) is 0 Å². The standard InChI is InChI=1S/C25H30ClFN4O3/c1-16-8-7-10-19(27)22(16)30-14-17-13-28-21(26)12-20(17)31(23(30)32)18-9-5-6-11-29(15-18)24(33)34-25(2,3)4/h7-8,10,12-13,18H,5-6,9,11,14-15H2,1-4H3/t18-/m1/s1. The topological polar surface area (TPSA) is 66.0 Å². The molecule has 0 N–H and O–H groups in total. The van der Waals surface area contributed by atoms with E-state index in [1.54, 1.807) is 41.1 Å². The van der Waals surface area contributed by atoms with Crippen LogP contribution < -0.4 is 9.80 Å². The van der Waals surface area contributed by atoms with Crippen LogP contribution in [-0.4, -0.2) is 46.7 Å². The predicted molar refractivity (Wildman–Crippen MR) is 130 cm³/mol. The summed E-state index contributed by atoms with van der Waals surface area (Å²) >= 11 is 6.21. The van der Waals surface area contributed by atoms with Crippen LogP contribution >= 0.6 is 11.6 Å². The molecule has 34 heavy (non-hydrogen) atoms. The number of carbonyl (C=O) groups is 2. The van der Waals surface area contributed by atoms with Gasteiger partial charge in [0.05, 0.1) is 24.0 Å². The smallest absolute Gasteiger partial charge is 0.410 e. The number of fused-ring (bicyclic) bond motifs is 1. The largest absolute Gasteiger partial charge is 0.444 e. The maximum Gasteiger partial charge on any atom is 0.410 e. The Bertz CT molecular complexity index is 1080. The molecule has 0 unspecified atom stereocenters. The summed E-state index contributed by atoms with van der Waals surface area (Å²) in [6.07, 6.45) is 3.55. The van der Waals surface area contributed by atoms with E-state index in [0.717, 1.165) is 18.4 Å². The van der Waals surface area contributed by atoms with Crippen molar-refractivity contribution in [3.8, 4) is 0 Å². The molecular weight excluding hydrogens is 459 g/mol. The molecule has 9 heteroatoms. The van der Waals surface area contributed by atoms with E-state index in [1.807, 2.05) is 20.8 Å². The van der Waals surface area contributed by atoms with Crippen molar-refractivity contribution in [3.05, 3.63) is 52.6 Å². The van der Waals surface area contributed by atoms with Gasteiger partial charge in [-0.25, -0.2) is 19.0 Å². The molecule has 1 fully saturated rings. The number of amides is 3. The van der Waals surface area contributed by atoms with Crippen molar-refractivity contribution < 1.29 is 18.7 Å². The van der Waals surface area contributed by atoms with E-state index >= 15 is 0 Å². The minimum atomic E-state index is -0.620. The van der Waals surface area contributed by atoms with Gasteiger partial charge in [0.15, 0.2) is 0 Å². The summed E-state index contributed by atoms with van der Waals surface area (Å²) in [6.45, 7) is 8.30. The summed E-state index contributed by atoms with van der Waals surface area (Å²) < 4.78 is 20.5. The molecule has 0 spiro atoms. The van der Waals surface area contributed by atoms with E-state index in [1.165, 1.54) is 11.0 Å². The van der Waals surface area contributed by atoms with Crippen LogP contribution in [0.25, 0.3) is 0 Å². The van der Waals surface area contributed by atoms with Crippen molar-refractivity contribution in [2.24, 2.45) is 0 Å².